The van der Waals surface area contributed by atoms with Gasteiger partial charge >= 0.3 is 5.97 Å². The van der Waals surface area contributed by atoms with Gasteiger partial charge < -0.3 is 58.9 Å². The van der Waals surface area contributed by atoms with Crippen LogP contribution in [0.4, 0.5) is 0 Å². The molecule has 0 aromatic heterocycles. The smallest absolute Gasteiger partial charge is 0.311 e. The summed E-state index contributed by atoms with van der Waals surface area (Å²) < 4.78 is 44.9. The second-order valence-corrected chi connectivity index (χ2v) is 16.1. The summed E-state index contributed by atoms with van der Waals surface area (Å²) in [5.74, 6) is -2.67. The number of methoxy groups -OCH3 is 1. The number of carbonyl (C=O) groups excluding carboxylic acids is 1. The lowest BCUT2D eigenvalue weighted by Gasteiger charge is -2.48. The average molecular weight is 704 g/mol. The van der Waals surface area contributed by atoms with Crippen molar-refractivity contribution in [2.24, 2.45) is 23.7 Å². The molecule has 0 aromatic rings. The number of cyclic esters (lactones) is 1. The summed E-state index contributed by atoms with van der Waals surface area (Å²) in [6.07, 6.45) is -7.41. The van der Waals surface area contributed by atoms with Gasteiger partial charge in [-0.1, -0.05) is 27.7 Å². The van der Waals surface area contributed by atoms with Gasteiger partial charge in [0.25, 0.3) is 0 Å². The Morgan fingerprint density at radius 3 is 2.29 bits per heavy atom. The van der Waals surface area contributed by atoms with E-state index in [1.807, 2.05) is 27.7 Å². The molecule has 286 valence electrons. The maximum Gasteiger partial charge on any atom is 0.311 e. The molecule has 13 nitrogen and oxygen atoms in total. The third-order valence-electron chi connectivity index (χ3n) is 12.1. The van der Waals surface area contributed by atoms with Crippen LogP contribution in [0.25, 0.3) is 0 Å². The maximum atomic E-state index is 14.2. The van der Waals surface area contributed by atoms with Crippen molar-refractivity contribution in [3.05, 3.63) is 0 Å². The van der Waals surface area contributed by atoms with Crippen molar-refractivity contribution >= 4 is 5.97 Å². The molecule has 4 fully saturated rings. The van der Waals surface area contributed by atoms with Crippen LogP contribution in [-0.4, -0.2) is 131 Å². The van der Waals surface area contributed by atoms with Crippen LogP contribution >= 0.6 is 0 Å². The number of likely N-dealkylation sites (N-methyl/N-ethyl adjacent to an activating group) is 1. The Morgan fingerprint density at radius 1 is 1.04 bits per heavy atom. The van der Waals surface area contributed by atoms with E-state index in [1.54, 1.807) is 34.7 Å². The summed E-state index contributed by atoms with van der Waals surface area (Å²) >= 11 is 0. The molecule has 0 radical (unpaired) electrons. The Bertz CT molecular complexity index is 1110. The summed E-state index contributed by atoms with van der Waals surface area (Å²) in [7, 11) is 3.32. The van der Waals surface area contributed by atoms with Gasteiger partial charge in [-0.05, 0) is 73.8 Å². The van der Waals surface area contributed by atoms with Gasteiger partial charge in [-0.25, -0.2) is 0 Å². The second kappa shape index (κ2) is 15.6. The molecule has 0 spiro atoms. The fraction of sp³-hybridized carbons (Fsp3) is 0.972. The lowest BCUT2D eigenvalue weighted by atomic mass is 9.76. The number of hydrogen-bond donors (Lipinski definition) is 5. The lowest BCUT2D eigenvalue weighted by Crippen LogP contribution is -2.60. The minimum atomic E-state index is -1.78. The summed E-state index contributed by atoms with van der Waals surface area (Å²) in [4.78, 5) is 14.2. The van der Waals surface area contributed by atoms with Crippen molar-refractivity contribution in [2.75, 3.05) is 14.2 Å². The first-order valence-corrected chi connectivity index (χ1v) is 18.2. The number of aliphatic hydroxyl groups excluding tert-OH is 3. The first-order chi connectivity index (χ1) is 22.7. The van der Waals surface area contributed by atoms with Crippen molar-refractivity contribution in [2.45, 2.75) is 185 Å². The quantitative estimate of drug-likeness (QED) is 0.222. The molecule has 13 heteroatoms. The predicted molar refractivity (Wildman–Crippen MR) is 179 cm³/mol. The van der Waals surface area contributed by atoms with Gasteiger partial charge in [0, 0.05) is 31.4 Å². The van der Waals surface area contributed by atoms with Crippen molar-refractivity contribution in [3.8, 4) is 0 Å². The molecule has 0 saturated carbocycles. The van der Waals surface area contributed by atoms with Gasteiger partial charge in [-0.3, -0.25) is 4.79 Å². The zero-order chi connectivity index (χ0) is 36.8. The zero-order valence-corrected chi connectivity index (χ0v) is 31.6. The highest BCUT2D eigenvalue weighted by atomic mass is 16.7. The molecule has 2 bridgehead atoms. The van der Waals surface area contributed by atoms with E-state index in [4.69, 9.17) is 33.2 Å². The molecule has 8 unspecified atom stereocenters. The Morgan fingerprint density at radius 2 is 1.69 bits per heavy atom. The molecule has 19 atom stereocenters. The van der Waals surface area contributed by atoms with Gasteiger partial charge in [-0.2, -0.15) is 0 Å². The van der Waals surface area contributed by atoms with Crippen molar-refractivity contribution in [1.29, 1.82) is 0 Å². The Balaban J connectivity index is 1.82. The van der Waals surface area contributed by atoms with E-state index in [1.165, 1.54) is 14.0 Å². The second-order valence-electron chi connectivity index (χ2n) is 16.1. The zero-order valence-electron chi connectivity index (χ0n) is 31.6. The number of ether oxygens (including phenoxy) is 7. The largest absolute Gasteiger partial charge is 0.459 e. The van der Waals surface area contributed by atoms with Gasteiger partial charge in [0.15, 0.2) is 12.6 Å². The molecule has 4 heterocycles. The Hall–Kier alpha value is -0.970. The van der Waals surface area contributed by atoms with Crippen LogP contribution in [0.5, 0.6) is 0 Å². The highest BCUT2D eigenvalue weighted by molar-refractivity contribution is 5.73. The van der Waals surface area contributed by atoms with Gasteiger partial charge in [0.05, 0.1) is 53.7 Å². The molecular weight excluding hydrogens is 638 g/mol. The predicted octanol–water partition coefficient (Wildman–Crippen LogP) is 2.28. The molecule has 4 aliphatic rings. The SMILES string of the molecule is CC[C@@H](O)[C@@](C)(O)[C@@H]1OC(=O)[C@H](C)[C@H](O[C@H]2CC(C)(OC)[C@@H](O)C(C)O2)[C@H](C)[C@@H](O[C@@H]2OC(C)CC(NC)C2O)C2(C)CC(C)C(O2)[C@@H]1C. The van der Waals surface area contributed by atoms with E-state index in [-0.39, 0.29) is 30.9 Å². The van der Waals surface area contributed by atoms with Gasteiger partial charge in [0.2, 0.25) is 0 Å². The number of hydrogen-bond acceptors (Lipinski definition) is 13. The standard InChI is InChI=1S/C36H65NO12/c1-13-24(38)36(10,42)31-19(4)27-17(2)15-35(9,49-27)30(48-33-26(39)23(37-11)14-18(3)44-33)20(5)28(21(6)32(41)47-31)46-25-16-34(8,43-12)29(40)22(7)45-25/h17-31,33,37-40,42H,13-16H2,1-12H3/t17?,18?,19-,20-,21+,22?,23?,24+,25-,26?,27?,28+,29-,30+,31+,33-,34?,35?,36+/m0/s1. The summed E-state index contributed by atoms with van der Waals surface area (Å²) in [6, 6.07) is -0.264. The fourth-order valence-corrected chi connectivity index (χ4v) is 9.00. The summed E-state index contributed by atoms with van der Waals surface area (Å²) in [5.41, 5.74) is -3.72. The maximum absolute atomic E-state index is 14.2. The van der Waals surface area contributed by atoms with E-state index < -0.39 is 102 Å². The van der Waals surface area contributed by atoms with E-state index in [0.717, 1.165) is 0 Å². The monoisotopic (exact) mass is 703 g/mol. The fourth-order valence-electron chi connectivity index (χ4n) is 9.00. The number of rotatable bonds is 9. The molecule has 49 heavy (non-hydrogen) atoms. The molecule has 4 aliphatic heterocycles. The van der Waals surface area contributed by atoms with Crippen molar-refractivity contribution in [3.63, 3.8) is 0 Å². The first kappa shape index (κ1) is 40.8. The van der Waals surface area contributed by atoms with Crippen LogP contribution in [0.3, 0.4) is 0 Å². The average Bonchev–Trinajstić information content (AvgIpc) is 3.37. The molecular formula is C36H65NO12. The molecule has 4 saturated heterocycles. The number of carbonyl (C=O) groups is 1. The Kier molecular flexibility index (Phi) is 13.0. The van der Waals surface area contributed by atoms with E-state index in [2.05, 4.69) is 12.2 Å². The first-order valence-electron chi connectivity index (χ1n) is 18.2. The normalized spacial score (nSPS) is 50.2. The minimum absolute atomic E-state index is 0.0575. The minimum Gasteiger partial charge on any atom is -0.459 e. The molecule has 0 aromatic carbocycles. The van der Waals surface area contributed by atoms with Gasteiger partial charge in [0.1, 0.15) is 23.9 Å². The van der Waals surface area contributed by atoms with E-state index in [0.29, 0.717) is 12.8 Å². The highest BCUT2D eigenvalue weighted by Crippen LogP contribution is 2.48. The van der Waals surface area contributed by atoms with Crippen molar-refractivity contribution < 1.29 is 58.4 Å². The third-order valence-corrected chi connectivity index (χ3v) is 12.1. The molecule has 0 aliphatic carbocycles. The van der Waals surface area contributed by atoms with E-state index in [9.17, 15) is 25.2 Å². The highest BCUT2D eigenvalue weighted by Gasteiger charge is 2.58. The topological polar surface area (TPSA) is 175 Å². The number of fused-ring (bicyclic) bond motifs is 2. The lowest BCUT2D eigenvalue weighted by molar-refractivity contribution is -0.316. The molecule has 0 amide bonds. The number of aliphatic hydroxyl groups is 4. The molecule has 4 rings (SSSR count). The Labute approximate surface area is 292 Å². The molecule has 5 N–H and O–H groups in total. The van der Waals surface area contributed by atoms with Crippen LogP contribution in [0.15, 0.2) is 0 Å². The van der Waals surface area contributed by atoms with E-state index >= 15 is 0 Å². The third kappa shape index (κ3) is 8.02. The van der Waals surface area contributed by atoms with Crippen LogP contribution in [0.2, 0.25) is 0 Å². The summed E-state index contributed by atoms with van der Waals surface area (Å²) in [6.45, 7) is 18.3. The summed E-state index contributed by atoms with van der Waals surface area (Å²) in [5, 5.41) is 48.1. The van der Waals surface area contributed by atoms with Crippen LogP contribution in [0, 0.1) is 23.7 Å². The van der Waals surface area contributed by atoms with Crippen LogP contribution in [0.1, 0.15) is 94.9 Å². The van der Waals surface area contributed by atoms with Gasteiger partial charge in [-0.15, -0.1) is 0 Å². The van der Waals surface area contributed by atoms with Crippen LogP contribution < -0.4 is 5.32 Å². The number of esters is 1. The van der Waals surface area contributed by atoms with Crippen LogP contribution in [-0.2, 0) is 38.0 Å². The number of nitrogens with one attached hydrogen (secondary N) is 1. The van der Waals surface area contributed by atoms with Crippen molar-refractivity contribution in [1.82, 2.24) is 5.32 Å².